The van der Waals surface area contributed by atoms with Gasteiger partial charge in [-0.15, -0.1) is 16.8 Å². The summed E-state index contributed by atoms with van der Waals surface area (Å²) in [6, 6.07) is 15.4. The minimum Gasteiger partial charge on any atom is -0.465 e. The molecule has 3 aromatic rings. The number of hydrogen-bond acceptors (Lipinski definition) is 7. The van der Waals surface area contributed by atoms with Crippen LogP contribution in [0.4, 0.5) is 0 Å². The van der Waals surface area contributed by atoms with Gasteiger partial charge in [0.05, 0.1) is 17.6 Å². The highest BCUT2D eigenvalue weighted by atomic mass is 32.2. The zero-order valence-electron chi connectivity index (χ0n) is 16.4. The molecule has 0 saturated carbocycles. The van der Waals surface area contributed by atoms with Crippen LogP contribution in [0, 0.1) is 0 Å². The number of thioether (sulfide) groups is 1. The van der Waals surface area contributed by atoms with Crippen molar-refractivity contribution in [3.63, 3.8) is 0 Å². The largest absolute Gasteiger partial charge is 0.465 e. The molecule has 9 heteroatoms. The molecule has 0 atom stereocenters. The van der Waals surface area contributed by atoms with Crippen molar-refractivity contribution in [3.05, 3.63) is 84.2 Å². The molecule has 30 heavy (non-hydrogen) atoms. The minimum atomic E-state index is -3.53. The van der Waals surface area contributed by atoms with Crippen molar-refractivity contribution in [2.24, 2.45) is 0 Å². The summed E-state index contributed by atoms with van der Waals surface area (Å²) in [6.07, 6.45) is 1.68. The van der Waals surface area contributed by atoms with Crippen LogP contribution in [0.3, 0.4) is 0 Å². The Hall–Kier alpha value is -2.91. The molecule has 0 saturated heterocycles. The number of allylic oxidation sites excluding steroid dienone is 1. The molecule has 1 heterocycles. The Morgan fingerprint density at radius 2 is 1.83 bits per heavy atom. The Balaban J connectivity index is 1.76. The van der Waals surface area contributed by atoms with Crippen molar-refractivity contribution >= 4 is 27.6 Å². The predicted octanol–water partition coefficient (Wildman–Crippen LogP) is 3.52. The second kappa shape index (κ2) is 9.73. The molecule has 0 aliphatic heterocycles. The average Bonchev–Trinajstić information content (AvgIpc) is 3.13. The lowest BCUT2D eigenvalue weighted by Crippen LogP contribution is -2.11. The average molecular weight is 444 g/mol. The van der Waals surface area contributed by atoms with Crippen LogP contribution in [-0.2, 0) is 32.6 Å². The smallest absolute Gasteiger partial charge is 0.337 e. The van der Waals surface area contributed by atoms with Gasteiger partial charge in [-0.2, -0.15) is 0 Å². The summed E-state index contributed by atoms with van der Waals surface area (Å²) in [5.41, 5.74) is 1.47. The fourth-order valence-electron chi connectivity index (χ4n) is 2.73. The van der Waals surface area contributed by atoms with Gasteiger partial charge in [0, 0.05) is 12.3 Å². The molecule has 3 rings (SSSR count). The van der Waals surface area contributed by atoms with Crippen molar-refractivity contribution < 1.29 is 17.9 Å². The fraction of sp³-hybridized carbons (Fsp3) is 0.190. The van der Waals surface area contributed by atoms with E-state index in [-0.39, 0.29) is 16.6 Å². The van der Waals surface area contributed by atoms with Gasteiger partial charge in [-0.3, -0.25) is 0 Å². The lowest BCUT2D eigenvalue weighted by molar-refractivity contribution is 0.0600. The van der Waals surface area contributed by atoms with E-state index in [2.05, 4.69) is 16.8 Å². The third-order valence-electron chi connectivity index (χ3n) is 4.27. The summed E-state index contributed by atoms with van der Waals surface area (Å²) in [7, 11) is -2.19. The van der Waals surface area contributed by atoms with Crippen molar-refractivity contribution in [2.45, 2.75) is 28.1 Å². The Bertz CT molecular complexity index is 1120. The van der Waals surface area contributed by atoms with Crippen molar-refractivity contribution in [1.82, 2.24) is 14.8 Å². The Kier molecular flexibility index (Phi) is 7.07. The number of ether oxygens (including phenoxy) is 1. The summed E-state index contributed by atoms with van der Waals surface area (Å²) >= 11 is 1.43. The zero-order valence-corrected chi connectivity index (χ0v) is 18.0. The first-order valence-electron chi connectivity index (χ1n) is 9.05. The van der Waals surface area contributed by atoms with E-state index in [9.17, 15) is 13.2 Å². The Morgan fingerprint density at radius 3 is 2.47 bits per heavy atom. The predicted molar refractivity (Wildman–Crippen MR) is 115 cm³/mol. The Labute approximate surface area is 179 Å². The normalized spacial score (nSPS) is 11.2. The van der Waals surface area contributed by atoms with Gasteiger partial charge in [0.25, 0.3) is 0 Å². The monoisotopic (exact) mass is 443 g/mol. The summed E-state index contributed by atoms with van der Waals surface area (Å²) in [5.74, 6) is 0.320. The first-order chi connectivity index (χ1) is 14.4. The van der Waals surface area contributed by atoms with Crippen LogP contribution in [0.25, 0.3) is 0 Å². The number of sulfone groups is 1. The number of benzene rings is 2. The van der Waals surface area contributed by atoms with Crippen LogP contribution in [0.1, 0.15) is 21.7 Å². The number of carbonyl (C=O) groups is 1. The quantitative estimate of drug-likeness (QED) is 0.284. The summed E-state index contributed by atoms with van der Waals surface area (Å²) < 4.78 is 31.9. The van der Waals surface area contributed by atoms with E-state index in [1.54, 1.807) is 53.1 Å². The van der Waals surface area contributed by atoms with E-state index >= 15 is 0 Å². The number of aromatic nitrogens is 3. The zero-order chi connectivity index (χ0) is 21.6. The molecule has 0 aliphatic carbocycles. The van der Waals surface area contributed by atoms with Gasteiger partial charge in [-0.1, -0.05) is 48.2 Å². The number of esters is 1. The second-order valence-corrected chi connectivity index (χ2v) is 9.28. The van der Waals surface area contributed by atoms with E-state index in [4.69, 9.17) is 4.74 Å². The van der Waals surface area contributed by atoms with Gasteiger partial charge in [0.1, 0.15) is 11.6 Å². The van der Waals surface area contributed by atoms with E-state index in [0.29, 0.717) is 28.8 Å². The highest BCUT2D eigenvalue weighted by Gasteiger charge is 2.21. The van der Waals surface area contributed by atoms with Crippen LogP contribution < -0.4 is 0 Å². The minimum absolute atomic E-state index is 0.244. The standard InChI is InChI=1S/C21H21N3O4S2/c1-3-13-24-19(15-30(26,27)18-7-5-4-6-8-18)22-23-21(24)29-14-16-9-11-17(12-10-16)20(25)28-2/h3-12H,1,13-15H2,2H3. The third-order valence-corrected chi connectivity index (χ3v) is 6.94. The van der Waals surface area contributed by atoms with Crippen molar-refractivity contribution in [1.29, 1.82) is 0 Å². The molecule has 0 aliphatic rings. The molecule has 0 N–H and O–H groups in total. The molecule has 7 nitrogen and oxygen atoms in total. The van der Waals surface area contributed by atoms with Crippen LogP contribution in [0.15, 0.2) is 77.3 Å². The third kappa shape index (κ3) is 5.17. The van der Waals surface area contributed by atoms with Crippen molar-refractivity contribution in [3.8, 4) is 0 Å². The summed E-state index contributed by atoms with van der Waals surface area (Å²) in [4.78, 5) is 11.8. The van der Waals surface area contributed by atoms with Crippen LogP contribution in [0.5, 0.6) is 0 Å². The van der Waals surface area contributed by atoms with Gasteiger partial charge < -0.3 is 9.30 Å². The molecule has 1 aromatic heterocycles. The molecule has 0 spiro atoms. The lowest BCUT2D eigenvalue weighted by atomic mass is 10.1. The number of rotatable bonds is 9. The van der Waals surface area contributed by atoms with Gasteiger partial charge in [0.2, 0.25) is 0 Å². The second-order valence-electron chi connectivity index (χ2n) is 6.35. The summed E-state index contributed by atoms with van der Waals surface area (Å²) in [6.45, 7) is 4.15. The van der Waals surface area contributed by atoms with Crippen molar-refractivity contribution in [2.75, 3.05) is 7.11 Å². The molecular formula is C21H21N3O4S2. The van der Waals surface area contributed by atoms with E-state index < -0.39 is 9.84 Å². The van der Waals surface area contributed by atoms with Gasteiger partial charge in [0.15, 0.2) is 15.0 Å². The topological polar surface area (TPSA) is 91.1 Å². The number of carbonyl (C=O) groups excluding carboxylic acids is 1. The number of methoxy groups -OCH3 is 1. The van der Waals surface area contributed by atoms with Gasteiger partial charge in [-0.25, -0.2) is 13.2 Å². The molecule has 0 unspecified atom stereocenters. The first kappa shape index (κ1) is 21.8. The van der Waals surface area contributed by atoms with E-state index in [1.165, 1.54) is 18.9 Å². The molecule has 156 valence electrons. The van der Waals surface area contributed by atoms with Gasteiger partial charge >= 0.3 is 5.97 Å². The maximum Gasteiger partial charge on any atom is 0.337 e. The van der Waals surface area contributed by atoms with E-state index in [0.717, 1.165) is 5.56 Å². The SMILES string of the molecule is C=CCn1c(CS(=O)(=O)c2ccccc2)nnc1SCc1ccc(C(=O)OC)cc1. The molecular weight excluding hydrogens is 422 g/mol. The van der Waals surface area contributed by atoms with E-state index in [1.807, 2.05) is 12.1 Å². The maximum absolute atomic E-state index is 12.7. The highest BCUT2D eigenvalue weighted by molar-refractivity contribution is 7.98. The molecule has 0 bridgehead atoms. The van der Waals surface area contributed by atoms with Crippen LogP contribution >= 0.6 is 11.8 Å². The molecule has 0 fully saturated rings. The molecule has 2 aromatic carbocycles. The van der Waals surface area contributed by atoms with Crippen LogP contribution in [0.2, 0.25) is 0 Å². The first-order valence-corrected chi connectivity index (χ1v) is 11.7. The van der Waals surface area contributed by atoms with Gasteiger partial charge in [-0.05, 0) is 29.8 Å². The Morgan fingerprint density at radius 1 is 1.13 bits per heavy atom. The molecule has 0 amide bonds. The fourth-order valence-corrected chi connectivity index (χ4v) is 4.94. The maximum atomic E-state index is 12.7. The molecule has 0 radical (unpaired) electrons. The highest BCUT2D eigenvalue weighted by Crippen LogP contribution is 2.24. The number of hydrogen-bond donors (Lipinski definition) is 0. The number of nitrogens with zero attached hydrogens (tertiary/aromatic N) is 3. The summed E-state index contributed by atoms with van der Waals surface area (Å²) in [5, 5.41) is 8.89. The van der Waals surface area contributed by atoms with Crippen LogP contribution in [-0.4, -0.2) is 36.3 Å². The lowest BCUT2D eigenvalue weighted by Gasteiger charge is -2.09.